The van der Waals surface area contributed by atoms with Crippen LogP contribution in [-0.4, -0.2) is 34.2 Å². The van der Waals surface area contributed by atoms with E-state index < -0.39 is 0 Å². The van der Waals surface area contributed by atoms with E-state index in [0.29, 0.717) is 30.6 Å². The largest absolute Gasteiger partial charge is 0.336 e. The van der Waals surface area contributed by atoms with E-state index in [0.717, 1.165) is 19.3 Å². The van der Waals surface area contributed by atoms with E-state index >= 15 is 0 Å². The van der Waals surface area contributed by atoms with E-state index in [1.165, 1.54) is 6.07 Å². The Kier molecular flexibility index (Phi) is 3.89. The molecule has 0 radical (unpaired) electrons. The maximum Gasteiger partial charge on any atom is 0.261 e. The van der Waals surface area contributed by atoms with Gasteiger partial charge in [0.15, 0.2) is 5.78 Å². The summed E-state index contributed by atoms with van der Waals surface area (Å²) in [6, 6.07) is 1.67. The van der Waals surface area contributed by atoms with E-state index in [9.17, 15) is 14.4 Å². The first kappa shape index (κ1) is 15.0. The van der Waals surface area contributed by atoms with Gasteiger partial charge in [-0.05, 0) is 44.6 Å². The van der Waals surface area contributed by atoms with Gasteiger partial charge in [-0.15, -0.1) is 0 Å². The molecule has 1 aliphatic carbocycles. The summed E-state index contributed by atoms with van der Waals surface area (Å²) in [7, 11) is 0. The molecule has 22 heavy (non-hydrogen) atoms. The Morgan fingerprint density at radius 2 is 2.00 bits per heavy atom. The second-order valence-electron chi connectivity index (χ2n) is 6.68. The maximum atomic E-state index is 12.7. The molecule has 1 aliphatic heterocycles. The van der Waals surface area contributed by atoms with Crippen LogP contribution in [0.5, 0.6) is 0 Å². The fourth-order valence-electron chi connectivity index (χ4n) is 3.54. The van der Waals surface area contributed by atoms with Crippen molar-refractivity contribution in [2.75, 3.05) is 6.54 Å². The predicted octanol–water partition coefficient (Wildman–Crippen LogP) is 2.15. The summed E-state index contributed by atoms with van der Waals surface area (Å²) < 4.78 is 0. The number of fused-ring (bicyclic) bond motifs is 1. The van der Waals surface area contributed by atoms with Gasteiger partial charge in [-0.2, -0.15) is 0 Å². The van der Waals surface area contributed by atoms with E-state index in [2.05, 4.69) is 4.98 Å². The van der Waals surface area contributed by atoms with Gasteiger partial charge in [0.25, 0.3) is 11.5 Å². The second kappa shape index (κ2) is 5.71. The molecule has 1 amide bonds. The molecule has 0 saturated carbocycles. The lowest BCUT2D eigenvalue weighted by molar-refractivity contribution is 0.0633. The lowest BCUT2D eigenvalue weighted by Crippen LogP contribution is -2.44. The quantitative estimate of drug-likeness (QED) is 0.864. The topological polar surface area (TPSA) is 70.2 Å². The molecule has 2 aliphatic rings. The summed E-state index contributed by atoms with van der Waals surface area (Å²) >= 11 is 0. The van der Waals surface area contributed by atoms with Gasteiger partial charge in [-0.25, -0.2) is 0 Å². The first-order chi connectivity index (χ1) is 10.5. The van der Waals surface area contributed by atoms with Crippen molar-refractivity contribution in [3.05, 3.63) is 33.2 Å². The van der Waals surface area contributed by atoms with Gasteiger partial charge < -0.3 is 9.88 Å². The standard InChI is InChI=1S/C17H22N2O3/c1-10-7-14-12(15(20)8-10)9-13(16(21)18-14)17(22)19-6-4-3-5-11(19)2/h9-11H,3-8H2,1-2H3,(H,18,21). The lowest BCUT2D eigenvalue weighted by atomic mass is 9.86. The number of H-pyrrole nitrogens is 1. The van der Waals surface area contributed by atoms with Crippen LogP contribution in [0.2, 0.25) is 0 Å². The third-order valence-corrected chi connectivity index (χ3v) is 4.80. The number of piperidine rings is 1. The molecule has 0 bridgehead atoms. The Morgan fingerprint density at radius 1 is 1.23 bits per heavy atom. The van der Waals surface area contributed by atoms with Crippen molar-refractivity contribution in [2.45, 2.75) is 52.0 Å². The smallest absolute Gasteiger partial charge is 0.261 e. The molecular weight excluding hydrogens is 280 g/mol. The number of nitrogens with zero attached hydrogens (tertiary/aromatic N) is 1. The van der Waals surface area contributed by atoms with Gasteiger partial charge in [0.2, 0.25) is 0 Å². The Morgan fingerprint density at radius 3 is 2.73 bits per heavy atom. The third-order valence-electron chi connectivity index (χ3n) is 4.80. The van der Waals surface area contributed by atoms with Crippen LogP contribution in [0.25, 0.3) is 0 Å². The van der Waals surface area contributed by atoms with Crippen LogP contribution in [0.3, 0.4) is 0 Å². The molecule has 1 N–H and O–H groups in total. The highest BCUT2D eigenvalue weighted by molar-refractivity contribution is 6.01. The minimum absolute atomic E-state index is 0.0192. The lowest BCUT2D eigenvalue weighted by Gasteiger charge is -2.33. The Labute approximate surface area is 129 Å². The Hall–Kier alpha value is -1.91. The molecule has 118 valence electrons. The molecule has 5 heteroatoms. The van der Waals surface area contributed by atoms with Gasteiger partial charge in [-0.3, -0.25) is 14.4 Å². The van der Waals surface area contributed by atoms with Gasteiger partial charge in [-0.1, -0.05) is 6.92 Å². The highest BCUT2D eigenvalue weighted by atomic mass is 16.2. The number of carbonyl (C=O) groups is 2. The number of hydrogen-bond acceptors (Lipinski definition) is 3. The summed E-state index contributed by atoms with van der Waals surface area (Å²) in [5.74, 6) is 0.00716. The van der Waals surface area contributed by atoms with Crippen molar-refractivity contribution in [2.24, 2.45) is 5.92 Å². The van der Waals surface area contributed by atoms with Crippen LogP contribution >= 0.6 is 0 Å². The molecule has 1 saturated heterocycles. The van der Waals surface area contributed by atoms with E-state index in [1.54, 1.807) is 4.90 Å². The van der Waals surface area contributed by atoms with Gasteiger partial charge in [0.1, 0.15) is 5.56 Å². The van der Waals surface area contributed by atoms with E-state index in [4.69, 9.17) is 0 Å². The summed E-state index contributed by atoms with van der Waals surface area (Å²) in [6.07, 6.45) is 4.21. The summed E-state index contributed by atoms with van der Waals surface area (Å²) in [4.78, 5) is 41.7. The number of amides is 1. The monoisotopic (exact) mass is 302 g/mol. The van der Waals surface area contributed by atoms with Crippen LogP contribution in [0, 0.1) is 5.92 Å². The normalized spacial score (nSPS) is 25.0. The number of carbonyl (C=O) groups excluding carboxylic acids is 2. The Bertz CT molecular complexity index is 677. The minimum atomic E-state index is -0.372. The van der Waals surface area contributed by atoms with Crippen molar-refractivity contribution in [3.63, 3.8) is 0 Å². The number of aromatic amines is 1. The maximum absolute atomic E-state index is 12.7. The second-order valence-corrected chi connectivity index (χ2v) is 6.68. The zero-order chi connectivity index (χ0) is 15.9. The number of Topliss-reactive ketones (excluding diaryl/α,β-unsaturated/α-hetero) is 1. The van der Waals surface area contributed by atoms with Gasteiger partial charge in [0.05, 0.1) is 0 Å². The number of aromatic nitrogens is 1. The van der Waals surface area contributed by atoms with Crippen molar-refractivity contribution in [1.29, 1.82) is 0 Å². The molecule has 5 nitrogen and oxygen atoms in total. The SMILES string of the molecule is CC1CC(=O)c2cc(C(=O)N3CCCCC3C)c(=O)[nH]c2C1. The fraction of sp³-hybridized carbons (Fsp3) is 0.588. The summed E-state index contributed by atoms with van der Waals surface area (Å²) in [5, 5.41) is 0. The van der Waals surface area contributed by atoms with E-state index in [-0.39, 0.29) is 34.8 Å². The number of pyridine rings is 1. The number of likely N-dealkylation sites (tertiary alicyclic amines) is 1. The fourth-order valence-corrected chi connectivity index (χ4v) is 3.54. The first-order valence-electron chi connectivity index (χ1n) is 8.07. The molecule has 1 fully saturated rings. The molecule has 2 heterocycles. The van der Waals surface area contributed by atoms with Crippen LogP contribution < -0.4 is 5.56 Å². The summed E-state index contributed by atoms with van der Waals surface area (Å²) in [6.45, 7) is 4.69. The minimum Gasteiger partial charge on any atom is -0.336 e. The zero-order valence-corrected chi connectivity index (χ0v) is 13.1. The molecule has 2 atom stereocenters. The highest BCUT2D eigenvalue weighted by Gasteiger charge is 2.29. The van der Waals surface area contributed by atoms with Crippen molar-refractivity contribution >= 4 is 11.7 Å². The molecule has 1 aromatic rings. The van der Waals surface area contributed by atoms with Crippen LogP contribution in [-0.2, 0) is 6.42 Å². The molecule has 0 aromatic carbocycles. The number of nitrogens with one attached hydrogen (secondary N) is 1. The zero-order valence-electron chi connectivity index (χ0n) is 13.1. The molecule has 3 rings (SSSR count). The van der Waals surface area contributed by atoms with Crippen LogP contribution in [0.15, 0.2) is 10.9 Å². The predicted molar refractivity (Wildman–Crippen MR) is 83.2 cm³/mol. The highest BCUT2D eigenvalue weighted by Crippen LogP contribution is 2.24. The average Bonchev–Trinajstić information content (AvgIpc) is 2.46. The van der Waals surface area contributed by atoms with E-state index in [1.807, 2.05) is 13.8 Å². The molecule has 0 spiro atoms. The van der Waals surface area contributed by atoms with Gasteiger partial charge >= 0.3 is 0 Å². The number of rotatable bonds is 1. The summed E-state index contributed by atoms with van der Waals surface area (Å²) in [5.41, 5.74) is 0.932. The van der Waals surface area contributed by atoms with Crippen molar-refractivity contribution in [3.8, 4) is 0 Å². The molecule has 1 aromatic heterocycles. The van der Waals surface area contributed by atoms with Crippen LogP contribution in [0.4, 0.5) is 0 Å². The molecular formula is C17H22N2O3. The third kappa shape index (κ3) is 2.60. The van der Waals surface area contributed by atoms with Crippen molar-refractivity contribution in [1.82, 2.24) is 9.88 Å². The van der Waals surface area contributed by atoms with Crippen molar-refractivity contribution < 1.29 is 9.59 Å². The number of ketones is 1. The Balaban J connectivity index is 1.98. The van der Waals surface area contributed by atoms with Gasteiger partial charge in [0, 0.05) is 30.3 Å². The first-order valence-corrected chi connectivity index (χ1v) is 8.07. The molecule has 2 unspecified atom stereocenters. The number of hydrogen-bond donors (Lipinski definition) is 1. The average molecular weight is 302 g/mol. The van der Waals surface area contributed by atoms with Crippen LogP contribution in [0.1, 0.15) is 65.9 Å².